The Morgan fingerprint density at radius 3 is 2.53 bits per heavy atom. The summed E-state index contributed by atoms with van der Waals surface area (Å²) in [4.78, 5) is 33.1. The molecule has 8 nitrogen and oxygen atoms in total. The van der Waals surface area contributed by atoms with Crippen molar-refractivity contribution in [3.8, 4) is 11.8 Å². The van der Waals surface area contributed by atoms with Gasteiger partial charge in [0, 0.05) is 30.7 Å². The van der Waals surface area contributed by atoms with Gasteiger partial charge in [0.2, 0.25) is 0 Å². The van der Waals surface area contributed by atoms with Crippen LogP contribution < -0.4 is 21.7 Å². The van der Waals surface area contributed by atoms with E-state index in [4.69, 9.17) is 5.73 Å². The third-order valence-corrected chi connectivity index (χ3v) is 5.88. The molecular formula is C28H32N6O2. The van der Waals surface area contributed by atoms with Crippen LogP contribution in [0.25, 0.3) is 5.57 Å². The van der Waals surface area contributed by atoms with Gasteiger partial charge in [-0.1, -0.05) is 38.8 Å². The first-order valence-corrected chi connectivity index (χ1v) is 11.8. The fourth-order valence-corrected chi connectivity index (χ4v) is 3.96. The minimum Gasteiger partial charge on any atom is -0.382 e. The summed E-state index contributed by atoms with van der Waals surface area (Å²) < 4.78 is 0. The summed E-state index contributed by atoms with van der Waals surface area (Å²) in [6.07, 6.45) is 6.50. The van der Waals surface area contributed by atoms with Crippen molar-refractivity contribution in [3.05, 3.63) is 77.4 Å². The number of nitrogens with one attached hydrogen (secondary N) is 3. The molecule has 2 amide bonds. The monoisotopic (exact) mass is 484 g/mol. The van der Waals surface area contributed by atoms with Gasteiger partial charge in [0.15, 0.2) is 0 Å². The molecule has 0 saturated heterocycles. The van der Waals surface area contributed by atoms with E-state index >= 15 is 0 Å². The van der Waals surface area contributed by atoms with E-state index in [9.17, 15) is 9.59 Å². The van der Waals surface area contributed by atoms with Crippen molar-refractivity contribution in [1.29, 1.82) is 0 Å². The number of amides is 2. The number of pyridine rings is 1. The normalized spacial score (nSPS) is 14.1. The van der Waals surface area contributed by atoms with Gasteiger partial charge in [0.1, 0.15) is 11.7 Å². The highest BCUT2D eigenvalue weighted by Crippen LogP contribution is 2.39. The smallest absolute Gasteiger partial charge is 0.295 e. The van der Waals surface area contributed by atoms with Crippen LogP contribution in [0.4, 0.5) is 5.82 Å². The lowest BCUT2D eigenvalue weighted by Gasteiger charge is -2.32. The number of allylic oxidation sites excluding steroid dienone is 1. The van der Waals surface area contributed by atoms with E-state index in [2.05, 4.69) is 58.5 Å². The summed E-state index contributed by atoms with van der Waals surface area (Å²) in [5, 5.41) is 8.90. The number of carbonyl (C=O) groups excluding carboxylic acids is 2. The molecule has 2 heterocycles. The SMILES string of the molecule is CC#CC(=O)NCCC(C)(C)/C(=C1\NC=CN=C1N)c1ccc(C(=O)Nc2cc(CC)ccn2)cc1. The lowest BCUT2D eigenvalue weighted by Crippen LogP contribution is -2.33. The molecule has 1 aliphatic heterocycles. The van der Waals surface area contributed by atoms with Crippen LogP contribution in [0.3, 0.4) is 0 Å². The van der Waals surface area contributed by atoms with E-state index in [1.807, 2.05) is 24.3 Å². The maximum absolute atomic E-state index is 12.8. The summed E-state index contributed by atoms with van der Waals surface area (Å²) >= 11 is 0. The van der Waals surface area contributed by atoms with E-state index in [-0.39, 0.29) is 11.8 Å². The number of aliphatic imine (C=N–C) groups is 1. The molecule has 1 aliphatic rings. The van der Waals surface area contributed by atoms with Crippen LogP contribution in [-0.2, 0) is 11.2 Å². The standard InChI is InChI=1S/C28H32N6O2/c1-5-7-23(35)31-15-13-28(3,4)24(25-26(29)33-17-16-32-25)20-8-10-21(11-9-20)27(36)34-22-18-19(6-2)12-14-30-22/h8-12,14,16-18,32H,6,13,15H2,1-4H3,(H2,29,33)(H,31,35)(H,30,34,36)/b25-24-. The molecule has 1 aromatic heterocycles. The van der Waals surface area contributed by atoms with Crippen LogP contribution in [0.5, 0.6) is 0 Å². The lowest BCUT2D eigenvalue weighted by molar-refractivity contribution is -0.115. The highest BCUT2D eigenvalue weighted by Gasteiger charge is 2.29. The largest absolute Gasteiger partial charge is 0.382 e. The molecule has 3 rings (SSSR count). The fourth-order valence-electron chi connectivity index (χ4n) is 3.96. The number of benzene rings is 1. The number of aromatic nitrogens is 1. The van der Waals surface area contributed by atoms with E-state index in [0.29, 0.717) is 35.9 Å². The first-order chi connectivity index (χ1) is 17.2. The van der Waals surface area contributed by atoms with Gasteiger partial charge in [0.05, 0.1) is 5.70 Å². The van der Waals surface area contributed by atoms with Crippen LogP contribution in [0.15, 0.2) is 65.7 Å². The zero-order valence-corrected chi connectivity index (χ0v) is 21.1. The number of nitrogens with zero attached hydrogens (tertiary/aromatic N) is 2. The van der Waals surface area contributed by atoms with Crippen LogP contribution in [-0.4, -0.2) is 29.2 Å². The van der Waals surface area contributed by atoms with Gasteiger partial charge in [-0.15, -0.1) is 0 Å². The first-order valence-electron chi connectivity index (χ1n) is 11.8. The van der Waals surface area contributed by atoms with Crippen LogP contribution in [0.1, 0.15) is 55.6 Å². The molecule has 186 valence electrons. The van der Waals surface area contributed by atoms with Crippen molar-refractivity contribution in [2.75, 3.05) is 11.9 Å². The number of hydrogen-bond acceptors (Lipinski definition) is 6. The van der Waals surface area contributed by atoms with Gasteiger partial charge >= 0.3 is 0 Å². The minimum absolute atomic E-state index is 0.240. The third-order valence-electron chi connectivity index (χ3n) is 5.88. The van der Waals surface area contributed by atoms with E-state index < -0.39 is 5.41 Å². The third kappa shape index (κ3) is 6.60. The minimum atomic E-state index is -0.408. The molecule has 2 aromatic rings. The van der Waals surface area contributed by atoms with Crippen molar-refractivity contribution < 1.29 is 9.59 Å². The predicted octanol–water partition coefficient (Wildman–Crippen LogP) is 3.59. The molecule has 36 heavy (non-hydrogen) atoms. The molecule has 0 spiro atoms. The molecular weight excluding hydrogens is 452 g/mol. The van der Waals surface area contributed by atoms with Crippen molar-refractivity contribution >= 4 is 29.0 Å². The number of nitrogens with two attached hydrogens (primary N) is 1. The zero-order chi connectivity index (χ0) is 26.1. The van der Waals surface area contributed by atoms with Gasteiger partial charge in [-0.25, -0.2) is 9.98 Å². The fraction of sp³-hybridized carbons (Fsp3) is 0.286. The summed E-state index contributed by atoms with van der Waals surface area (Å²) in [5.41, 5.74) is 9.94. The van der Waals surface area contributed by atoms with Crippen molar-refractivity contribution in [2.45, 2.75) is 40.5 Å². The van der Waals surface area contributed by atoms with E-state index in [1.54, 1.807) is 37.7 Å². The van der Waals surface area contributed by atoms with Crippen molar-refractivity contribution in [2.24, 2.45) is 16.1 Å². The van der Waals surface area contributed by atoms with Gasteiger partial charge in [-0.3, -0.25) is 9.59 Å². The first kappa shape index (κ1) is 26.2. The second-order valence-electron chi connectivity index (χ2n) is 8.92. The number of amidine groups is 1. The van der Waals surface area contributed by atoms with Crippen LogP contribution >= 0.6 is 0 Å². The summed E-state index contributed by atoms with van der Waals surface area (Å²) in [5.74, 6) is 5.42. The Balaban J connectivity index is 1.87. The topological polar surface area (TPSA) is 122 Å². The van der Waals surface area contributed by atoms with Crippen LogP contribution in [0.2, 0.25) is 0 Å². The van der Waals surface area contributed by atoms with Crippen molar-refractivity contribution in [1.82, 2.24) is 15.6 Å². The molecule has 0 radical (unpaired) electrons. The van der Waals surface area contributed by atoms with E-state index in [1.165, 1.54) is 0 Å². The zero-order valence-electron chi connectivity index (χ0n) is 21.1. The van der Waals surface area contributed by atoms with Gasteiger partial charge in [-0.05, 0) is 72.1 Å². The molecule has 5 N–H and O–H groups in total. The molecule has 0 aliphatic carbocycles. The highest BCUT2D eigenvalue weighted by atomic mass is 16.2. The Labute approximate surface area is 212 Å². The second-order valence-corrected chi connectivity index (χ2v) is 8.92. The van der Waals surface area contributed by atoms with Crippen molar-refractivity contribution in [3.63, 3.8) is 0 Å². The molecule has 0 atom stereocenters. The van der Waals surface area contributed by atoms with E-state index in [0.717, 1.165) is 23.1 Å². The molecule has 1 aromatic carbocycles. The van der Waals surface area contributed by atoms with Gasteiger partial charge in [0.25, 0.3) is 11.8 Å². The average Bonchev–Trinajstić information content (AvgIpc) is 2.86. The lowest BCUT2D eigenvalue weighted by atomic mass is 9.76. The molecule has 0 saturated carbocycles. The number of anilines is 1. The Bertz CT molecular complexity index is 1280. The van der Waals surface area contributed by atoms with Gasteiger partial charge < -0.3 is 21.7 Å². The number of carbonyl (C=O) groups is 2. The quantitative estimate of drug-likeness (QED) is 0.427. The number of rotatable bonds is 8. The van der Waals surface area contributed by atoms with Crippen LogP contribution in [0, 0.1) is 17.3 Å². The molecule has 0 unspecified atom stereocenters. The summed E-state index contributed by atoms with van der Waals surface area (Å²) in [6, 6.07) is 11.1. The highest BCUT2D eigenvalue weighted by molar-refractivity contribution is 6.06. The average molecular weight is 485 g/mol. The Hall–Kier alpha value is -4.38. The molecule has 0 bridgehead atoms. The molecule has 8 heteroatoms. The Kier molecular flexibility index (Phi) is 8.63. The summed E-state index contributed by atoms with van der Waals surface area (Å²) in [7, 11) is 0. The second kappa shape index (κ2) is 11.8. The molecule has 0 fully saturated rings. The summed E-state index contributed by atoms with van der Waals surface area (Å²) in [6.45, 7) is 8.27. The predicted molar refractivity (Wildman–Crippen MR) is 144 cm³/mol. The number of aryl methyl sites for hydroxylation is 1. The maximum Gasteiger partial charge on any atom is 0.295 e. The Morgan fingerprint density at radius 2 is 1.86 bits per heavy atom. The Morgan fingerprint density at radius 1 is 1.14 bits per heavy atom. The van der Waals surface area contributed by atoms with Gasteiger partial charge in [-0.2, -0.15) is 0 Å². The maximum atomic E-state index is 12.8. The number of hydrogen-bond donors (Lipinski definition) is 4.